The molecule has 0 heterocycles. The molecule has 0 aromatic heterocycles. The van der Waals surface area contributed by atoms with Gasteiger partial charge in [-0.2, -0.15) is 0 Å². The molecule has 1 unspecified atom stereocenters. The Labute approximate surface area is 87.8 Å². The van der Waals surface area contributed by atoms with Gasteiger partial charge in [0.1, 0.15) is 0 Å². The monoisotopic (exact) mass is 200 g/mol. The first-order valence-corrected chi connectivity index (χ1v) is 5.30. The number of nitrogens with one attached hydrogen (secondary N) is 1. The molecule has 0 aromatic rings. The molecule has 84 valence electrons. The van der Waals surface area contributed by atoms with Crippen molar-refractivity contribution in [3.63, 3.8) is 0 Å². The van der Waals surface area contributed by atoms with Crippen molar-refractivity contribution >= 4 is 0 Å². The maximum absolute atomic E-state index is 8.95. The van der Waals surface area contributed by atoms with Crippen LogP contribution in [-0.4, -0.2) is 49.3 Å². The predicted octanol–water partition coefficient (Wildman–Crippen LogP) is 0.855. The van der Waals surface area contributed by atoms with Crippen LogP contribution in [0.5, 0.6) is 0 Å². The number of rotatable bonds is 8. The molecule has 3 heteroatoms. The first-order valence-electron chi connectivity index (χ1n) is 5.30. The highest BCUT2D eigenvalue weighted by Crippen LogP contribution is 1.98. The van der Waals surface area contributed by atoms with Gasteiger partial charge in [0.15, 0.2) is 0 Å². The van der Waals surface area contributed by atoms with Crippen LogP contribution in [0.25, 0.3) is 0 Å². The third kappa shape index (κ3) is 6.13. The van der Waals surface area contributed by atoms with E-state index in [1.54, 1.807) is 0 Å². The Balaban J connectivity index is 3.60. The molecular formula is C11H24N2O. The van der Waals surface area contributed by atoms with Crippen molar-refractivity contribution in [3.8, 4) is 0 Å². The van der Waals surface area contributed by atoms with E-state index in [2.05, 4.69) is 23.7 Å². The van der Waals surface area contributed by atoms with Crippen LogP contribution < -0.4 is 5.32 Å². The van der Waals surface area contributed by atoms with Gasteiger partial charge in [0.2, 0.25) is 0 Å². The molecule has 0 saturated heterocycles. The molecule has 0 aliphatic heterocycles. The summed E-state index contributed by atoms with van der Waals surface area (Å²) in [6, 6.07) is 0.206. The summed E-state index contributed by atoms with van der Waals surface area (Å²) in [5, 5.41) is 12.3. The zero-order valence-electron chi connectivity index (χ0n) is 9.71. The average molecular weight is 200 g/mol. The lowest BCUT2D eigenvalue weighted by Gasteiger charge is -2.23. The molecular weight excluding hydrogens is 176 g/mol. The molecule has 14 heavy (non-hydrogen) atoms. The van der Waals surface area contributed by atoms with Crippen molar-refractivity contribution in [3.05, 3.63) is 12.2 Å². The number of aliphatic hydroxyl groups excluding tert-OH is 1. The molecule has 0 spiro atoms. The normalized spacial score (nSPS) is 13.2. The molecule has 0 radical (unpaired) electrons. The molecule has 0 aromatic carbocycles. The van der Waals surface area contributed by atoms with Crippen molar-refractivity contribution in [2.75, 3.05) is 33.3 Å². The number of hydrogen-bond donors (Lipinski definition) is 2. The summed E-state index contributed by atoms with van der Waals surface area (Å²) in [6.07, 6.45) is 1.15. The van der Waals surface area contributed by atoms with Crippen molar-refractivity contribution in [1.82, 2.24) is 10.2 Å². The Morgan fingerprint density at radius 3 is 2.71 bits per heavy atom. The molecule has 0 saturated carbocycles. The van der Waals surface area contributed by atoms with Crippen LogP contribution >= 0.6 is 0 Å². The third-order valence-corrected chi connectivity index (χ3v) is 2.29. The van der Waals surface area contributed by atoms with Crippen molar-refractivity contribution in [2.24, 2.45) is 0 Å². The van der Waals surface area contributed by atoms with Gasteiger partial charge in [0.25, 0.3) is 0 Å². The highest BCUT2D eigenvalue weighted by molar-refractivity contribution is 4.99. The van der Waals surface area contributed by atoms with Gasteiger partial charge in [-0.15, -0.1) is 0 Å². The summed E-state index contributed by atoms with van der Waals surface area (Å²) in [5.74, 6) is 0. The number of hydrogen-bond acceptors (Lipinski definition) is 3. The van der Waals surface area contributed by atoms with Crippen LogP contribution in [0.15, 0.2) is 12.2 Å². The smallest absolute Gasteiger partial charge is 0.0584 e. The molecule has 0 amide bonds. The summed E-state index contributed by atoms with van der Waals surface area (Å²) in [5.41, 5.74) is 1.17. The van der Waals surface area contributed by atoms with Crippen LogP contribution in [0.3, 0.4) is 0 Å². The zero-order chi connectivity index (χ0) is 11.0. The van der Waals surface area contributed by atoms with Gasteiger partial charge in [-0.05, 0) is 32.5 Å². The summed E-state index contributed by atoms with van der Waals surface area (Å²) < 4.78 is 0. The van der Waals surface area contributed by atoms with Gasteiger partial charge in [-0.25, -0.2) is 0 Å². The van der Waals surface area contributed by atoms with E-state index < -0.39 is 0 Å². The van der Waals surface area contributed by atoms with Gasteiger partial charge >= 0.3 is 0 Å². The van der Waals surface area contributed by atoms with Crippen LogP contribution in [0.2, 0.25) is 0 Å². The fourth-order valence-electron chi connectivity index (χ4n) is 1.15. The zero-order valence-corrected chi connectivity index (χ0v) is 9.71. The second-order valence-electron chi connectivity index (χ2n) is 3.87. The minimum atomic E-state index is 0.201. The Morgan fingerprint density at radius 1 is 1.57 bits per heavy atom. The summed E-state index contributed by atoms with van der Waals surface area (Å²) in [7, 11) is 2.01. The van der Waals surface area contributed by atoms with E-state index in [-0.39, 0.29) is 12.6 Å². The maximum Gasteiger partial charge on any atom is 0.0584 e. The molecule has 0 rings (SSSR count). The third-order valence-electron chi connectivity index (χ3n) is 2.29. The quantitative estimate of drug-likeness (QED) is 0.450. The van der Waals surface area contributed by atoms with Gasteiger partial charge < -0.3 is 10.4 Å². The molecule has 0 aliphatic carbocycles. The Kier molecular flexibility index (Phi) is 7.76. The Hall–Kier alpha value is -0.380. The van der Waals surface area contributed by atoms with Gasteiger partial charge in [0, 0.05) is 19.1 Å². The van der Waals surface area contributed by atoms with Gasteiger partial charge in [-0.1, -0.05) is 13.5 Å². The van der Waals surface area contributed by atoms with Crippen LogP contribution in [-0.2, 0) is 0 Å². The maximum atomic E-state index is 8.95. The van der Waals surface area contributed by atoms with E-state index in [9.17, 15) is 0 Å². The topological polar surface area (TPSA) is 35.5 Å². The lowest BCUT2D eigenvalue weighted by molar-refractivity contribution is 0.167. The summed E-state index contributed by atoms with van der Waals surface area (Å²) in [6.45, 7) is 11.1. The van der Waals surface area contributed by atoms with E-state index in [0.717, 1.165) is 26.1 Å². The predicted molar refractivity (Wildman–Crippen MR) is 61.5 cm³/mol. The van der Waals surface area contributed by atoms with E-state index in [1.807, 2.05) is 14.0 Å². The summed E-state index contributed by atoms with van der Waals surface area (Å²) >= 11 is 0. The Morgan fingerprint density at radius 2 is 2.21 bits per heavy atom. The van der Waals surface area contributed by atoms with Gasteiger partial charge in [-0.3, -0.25) is 4.90 Å². The fraction of sp³-hybridized carbons (Fsp3) is 0.818. The molecule has 0 aliphatic rings. The van der Waals surface area contributed by atoms with E-state index in [1.165, 1.54) is 5.57 Å². The van der Waals surface area contributed by atoms with Gasteiger partial charge in [0.05, 0.1) is 6.61 Å². The van der Waals surface area contributed by atoms with Crippen LogP contribution in [0.1, 0.15) is 20.3 Å². The first kappa shape index (κ1) is 13.6. The fourth-order valence-corrected chi connectivity index (χ4v) is 1.15. The standard InChI is InChI=1S/C11H24N2O/c1-5-6-12-7-10(2)8-13(4)11(3)9-14/h11-12,14H,2,5-9H2,1,3-4H3. The molecule has 1 atom stereocenters. The Bertz CT molecular complexity index is 159. The second-order valence-corrected chi connectivity index (χ2v) is 3.87. The number of aliphatic hydroxyl groups is 1. The minimum Gasteiger partial charge on any atom is -0.395 e. The van der Waals surface area contributed by atoms with Crippen molar-refractivity contribution in [2.45, 2.75) is 26.3 Å². The van der Waals surface area contributed by atoms with Crippen LogP contribution in [0, 0.1) is 0 Å². The summed E-state index contributed by atoms with van der Waals surface area (Å²) in [4.78, 5) is 2.11. The molecule has 0 bridgehead atoms. The molecule has 3 nitrogen and oxygen atoms in total. The van der Waals surface area contributed by atoms with Crippen LogP contribution in [0.4, 0.5) is 0 Å². The lowest BCUT2D eigenvalue weighted by atomic mass is 10.2. The van der Waals surface area contributed by atoms with Crippen molar-refractivity contribution < 1.29 is 5.11 Å². The van der Waals surface area contributed by atoms with E-state index in [4.69, 9.17) is 5.11 Å². The molecule has 0 fully saturated rings. The highest BCUT2D eigenvalue weighted by Gasteiger charge is 2.07. The highest BCUT2D eigenvalue weighted by atomic mass is 16.3. The minimum absolute atomic E-state index is 0.201. The molecule has 2 N–H and O–H groups in total. The number of nitrogens with zero attached hydrogens (tertiary/aromatic N) is 1. The number of likely N-dealkylation sites (N-methyl/N-ethyl adjacent to an activating group) is 1. The lowest BCUT2D eigenvalue weighted by Crippen LogP contribution is -2.35. The first-order chi connectivity index (χ1) is 6.61. The average Bonchev–Trinajstić information content (AvgIpc) is 2.16. The largest absolute Gasteiger partial charge is 0.395 e. The SMILES string of the molecule is C=C(CNCCC)CN(C)C(C)CO. The van der Waals surface area contributed by atoms with E-state index in [0.29, 0.717) is 0 Å². The second kappa shape index (κ2) is 7.97. The van der Waals surface area contributed by atoms with Crippen molar-refractivity contribution in [1.29, 1.82) is 0 Å². The van der Waals surface area contributed by atoms with E-state index >= 15 is 0 Å².